The molecule has 1 aliphatic carbocycles. The van der Waals surface area contributed by atoms with Crippen LogP contribution in [-0.4, -0.2) is 17.6 Å². The van der Waals surface area contributed by atoms with Crippen LogP contribution in [0.4, 0.5) is 0 Å². The molecule has 1 rings (SSSR count). The maximum Gasteiger partial charge on any atom is 0.107 e. The van der Waals surface area contributed by atoms with Crippen molar-refractivity contribution in [3.8, 4) is 0 Å². The molecule has 0 spiro atoms. The van der Waals surface area contributed by atoms with Gasteiger partial charge < -0.3 is 0 Å². The van der Waals surface area contributed by atoms with Gasteiger partial charge in [0.15, 0.2) is 0 Å². The van der Waals surface area contributed by atoms with E-state index in [1.807, 2.05) is 5.48 Å². The lowest BCUT2D eigenvalue weighted by Crippen LogP contribution is -2.12. The van der Waals surface area contributed by atoms with Crippen LogP contribution >= 0.6 is 0 Å². The minimum atomic E-state index is 0.452. The first-order chi connectivity index (χ1) is 4.93. The summed E-state index contributed by atoms with van der Waals surface area (Å²) in [7, 11) is 0. The fourth-order valence-corrected chi connectivity index (χ4v) is 1.37. The topological polar surface area (TPSA) is 44.6 Å². The Balaban J connectivity index is 2.19. The number of nitrogens with zero attached hydrogens (tertiary/aromatic N) is 1. The highest BCUT2D eigenvalue weighted by Gasteiger charge is 2.10. The van der Waals surface area contributed by atoms with Gasteiger partial charge in [0.1, 0.15) is 6.34 Å². The molecule has 0 radical (unpaired) electrons. The number of aliphatic imine (C=N–C) groups is 1. The summed E-state index contributed by atoms with van der Waals surface area (Å²) in [4.78, 5) is 4.12. The summed E-state index contributed by atoms with van der Waals surface area (Å²) in [6.45, 7) is 0. The lowest BCUT2D eigenvalue weighted by atomic mass is 9.96. The second-order valence-electron chi connectivity index (χ2n) is 2.70. The highest BCUT2D eigenvalue weighted by Crippen LogP contribution is 2.19. The van der Waals surface area contributed by atoms with Gasteiger partial charge in [-0.1, -0.05) is 19.3 Å². The molecule has 0 aliphatic heterocycles. The maximum atomic E-state index is 8.20. The van der Waals surface area contributed by atoms with E-state index in [2.05, 4.69) is 4.99 Å². The normalized spacial score (nSPS) is 21.7. The summed E-state index contributed by atoms with van der Waals surface area (Å²) in [5.74, 6) is 0. The van der Waals surface area contributed by atoms with Crippen LogP contribution in [0, 0.1) is 0 Å². The monoisotopic (exact) mass is 142 g/mol. The van der Waals surface area contributed by atoms with Gasteiger partial charge in [-0.25, -0.2) is 0 Å². The molecule has 0 atom stereocenters. The molecule has 1 saturated carbocycles. The van der Waals surface area contributed by atoms with E-state index in [9.17, 15) is 0 Å². The Morgan fingerprint density at radius 1 is 1.30 bits per heavy atom. The molecule has 2 N–H and O–H groups in total. The Labute approximate surface area is 61.1 Å². The molecule has 0 amide bonds. The molecule has 0 unspecified atom stereocenters. The summed E-state index contributed by atoms with van der Waals surface area (Å²) in [6.07, 6.45) is 7.64. The van der Waals surface area contributed by atoms with Crippen molar-refractivity contribution in [2.45, 2.75) is 38.1 Å². The lowest BCUT2D eigenvalue weighted by Gasteiger charge is -2.16. The Morgan fingerprint density at radius 2 is 2.00 bits per heavy atom. The van der Waals surface area contributed by atoms with Crippen LogP contribution in [0.2, 0.25) is 0 Å². The highest BCUT2D eigenvalue weighted by atomic mass is 16.5. The van der Waals surface area contributed by atoms with Crippen molar-refractivity contribution in [3.63, 3.8) is 0 Å². The van der Waals surface area contributed by atoms with E-state index in [4.69, 9.17) is 5.21 Å². The van der Waals surface area contributed by atoms with Crippen LogP contribution in [0.5, 0.6) is 0 Å². The standard InChI is InChI=1S/C7H14N2O/c10-9-6-8-7-4-2-1-3-5-7/h6-7,10H,1-5H2,(H,8,9). The third-order valence-corrected chi connectivity index (χ3v) is 1.92. The molecule has 0 saturated heterocycles. The lowest BCUT2D eigenvalue weighted by molar-refractivity contribution is 0.238. The van der Waals surface area contributed by atoms with E-state index in [0.29, 0.717) is 6.04 Å². The molecule has 58 valence electrons. The number of hydroxylamine groups is 1. The highest BCUT2D eigenvalue weighted by molar-refractivity contribution is 5.52. The average molecular weight is 142 g/mol. The molecule has 0 bridgehead atoms. The molecule has 1 aliphatic rings. The van der Waals surface area contributed by atoms with E-state index in [0.717, 1.165) is 0 Å². The van der Waals surface area contributed by atoms with Gasteiger partial charge in [-0.15, -0.1) is 0 Å². The third kappa shape index (κ3) is 2.35. The van der Waals surface area contributed by atoms with E-state index in [1.54, 1.807) is 0 Å². The van der Waals surface area contributed by atoms with Gasteiger partial charge in [0.05, 0.1) is 6.04 Å². The van der Waals surface area contributed by atoms with E-state index >= 15 is 0 Å². The fourth-order valence-electron chi connectivity index (χ4n) is 1.37. The quantitative estimate of drug-likeness (QED) is 0.347. The Kier molecular flexibility index (Phi) is 3.22. The fraction of sp³-hybridized carbons (Fsp3) is 0.857. The molecule has 0 aromatic heterocycles. The van der Waals surface area contributed by atoms with Gasteiger partial charge in [-0.3, -0.25) is 15.7 Å². The van der Waals surface area contributed by atoms with Crippen molar-refractivity contribution in [1.82, 2.24) is 5.48 Å². The molecule has 3 nitrogen and oxygen atoms in total. The van der Waals surface area contributed by atoms with Crippen LogP contribution in [-0.2, 0) is 0 Å². The largest absolute Gasteiger partial charge is 0.290 e. The minimum absolute atomic E-state index is 0.452. The SMILES string of the molecule is ONC=NC1CCCCC1. The Hall–Kier alpha value is -0.570. The molecular weight excluding hydrogens is 128 g/mol. The average Bonchev–Trinajstić information content (AvgIpc) is 2.03. The third-order valence-electron chi connectivity index (χ3n) is 1.92. The summed E-state index contributed by atoms with van der Waals surface area (Å²) < 4.78 is 0. The minimum Gasteiger partial charge on any atom is -0.290 e. The van der Waals surface area contributed by atoms with Gasteiger partial charge >= 0.3 is 0 Å². The smallest absolute Gasteiger partial charge is 0.107 e. The Morgan fingerprint density at radius 3 is 2.60 bits per heavy atom. The van der Waals surface area contributed by atoms with Crippen LogP contribution in [0.3, 0.4) is 0 Å². The molecule has 0 heterocycles. The van der Waals surface area contributed by atoms with Crippen molar-refractivity contribution in [2.75, 3.05) is 0 Å². The van der Waals surface area contributed by atoms with Crippen molar-refractivity contribution in [3.05, 3.63) is 0 Å². The zero-order valence-electron chi connectivity index (χ0n) is 6.08. The van der Waals surface area contributed by atoms with Crippen LogP contribution in [0.1, 0.15) is 32.1 Å². The van der Waals surface area contributed by atoms with Crippen molar-refractivity contribution < 1.29 is 5.21 Å². The van der Waals surface area contributed by atoms with E-state index < -0.39 is 0 Å². The summed E-state index contributed by atoms with van der Waals surface area (Å²) in [5, 5.41) is 8.20. The predicted octanol–water partition coefficient (Wildman–Crippen LogP) is 1.33. The molecular formula is C7H14N2O. The van der Waals surface area contributed by atoms with Gasteiger partial charge in [-0.05, 0) is 12.8 Å². The van der Waals surface area contributed by atoms with Crippen LogP contribution in [0.25, 0.3) is 0 Å². The number of nitrogens with one attached hydrogen (secondary N) is 1. The zero-order valence-corrected chi connectivity index (χ0v) is 6.08. The summed E-state index contributed by atoms with van der Waals surface area (Å²) in [5.41, 5.74) is 1.92. The van der Waals surface area contributed by atoms with Crippen molar-refractivity contribution >= 4 is 6.34 Å². The van der Waals surface area contributed by atoms with E-state index in [1.165, 1.54) is 38.4 Å². The molecule has 10 heavy (non-hydrogen) atoms. The zero-order chi connectivity index (χ0) is 7.23. The first-order valence-corrected chi connectivity index (χ1v) is 3.85. The Bertz CT molecular complexity index is 108. The second kappa shape index (κ2) is 4.28. The van der Waals surface area contributed by atoms with Crippen molar-refractivity contribution in [2.24, 2.45) is 4.99 Å². The number of rotatable bonds is 2. The molecule has 1 fully saturated rings. The molecule has 3 heteroatoms. The number of hydrogen-bond acceptors (Lipinski definition) is 2. The number of hydrogen-bond donors (Lipinski definition) is 2. The summed E-state index contributed by atoms with van der Waals surface area (Å²) in [6, 6.07) is 0.452. The van der Waals surface area contributed by atoms with Crippen LogP contribution in [0.15, 0.2) is 4.99 Å². The predicted molar refractivity (Wildman–Crippen MR) is 40.3 cm³/mol. The first-order valence-electron chi connectivity index (χ1n) is 3.85. The first kappa shape index (κ1) is 7.54. The van der Waals surface area contributed by atoms with Crippen LogP contribution < -0.4 is 5.48 Å². The van der Waals surface area contributed by atoms with E-state index in [-0.39, 0.29) is 0 Å². The van der Waals surface area contributed by atoms with Gasteiger partial charge in [-0.2, -0.15) is 0 Å². The second-order valence-corrected chi connectivity index (χ2v) is 2.70. The molecule has 0 aromatic rings. The molecule has 0 aromatic carbocycles. The summed E-state index contributed by atoms with van der Waals surface area (Å²) >= 11 is 0. The van der Waals surface area contributed by atoms with Gasteiger partial charge in [0.2, 0.25) is 0 Å². The van der Waals surface area contributed by atoms with Gasteiger partial charge in [0, 0.05) is 0 Å². The van der Waals surface area contributed by atoms with Crippen molar-refractivity contribution in [1.29, 1.82) is 0 Å². The maximum absolute atomic E-state index is 8.20. The van der Waals surface area contributed by atoms with Gasteiger partial charge in [0.25, 0.3) is 0 Å².